The Morgan fingerprint density at radius 3 is 2.38 bits per heavy atom. The molecule has 5 nitrogen and oxygen atoms in total. The molecule has 0 saturated carbocycles. The normalized spacial score (nSPS) is 14.9. The summed E-state index contributed by atoms with van der Waals surface area (Å²) in [5.74, 6) is 0.706. The van der Waals surface area contributed by atoms with Gasteiger partial charge in [-0.15, -0.1) is 0 Å². The summed E-state index contributed by atoms with van der Waals surface area (Å²) in [6.45, 7) is 7.99. The van der Waals surface area contributed by atoms with Crippen LogP contribution in [0.5, 0.6) is 0 Å². The minimum Gasteiger partial charge on any atom is -0.310 e. The number of pyridine rings is 1. The molecule has 3 heterocycles. The van der Waals surface area contributed by atoms with Gasteiger partial charge < -0.3 is 4.98 Å². The molecular formula is C24H25F3N4O. The van der Waals surface area contributed by atoms with Gasteiger partial charge in [-0.3, -0.25) is 14.7 Å². The Kier molecular flexibility index (Phi) is 5.67. The van der Waals surface area contributed by atoms with Gasteiger partial charge in [0.15, 0.2) is 0 Å². The number of nitrogens with zero attached hydrogens (tertiary/aromatic N) is 3. The van der Waals surface area contributed by atoms with Crippen molar-refractivity contribution in [1.29, 1.82) is 0 Å². The molecule has 0 atom stereocenters. The zero-order valence-corrected chi connectivity index (χ0v) is 18.3. The largest absolute Gasteiger partial charge is 0.416 e. The van der Waals surface area contributed by atoms with Crippen LogP contribution in [0.4, 0.5) is 13.2 Å². The van der Waals surface area contributed by atoms with Crippen molar-refractivity contribution in [3.05, 3.63) is 81.2 Å². The molecule has 0 spiro atoms. The quantitative estimate of drug-likeness (QED) is 0.638. The molecule has 0 bridgehead atoms. The van der Waals surface area contributed by atoms with E-state index >= 15 is 0 Å². The molecule has 0 unspecified atom stereocenters. The molecule has 1 aromatic carbocycles. The maximum atomic E-state index is 12.7. The van der Waals surface area contributed by atoms with Gasteiger partial charge in [-0.25, -0.2) is 4.98 Å². The minimum atomic E-state index is -4.35. The van der Waals surface area contributed by atoms with E-state index in [1.165, 1.54) is 12.1 Å². The lowest BCUT2D eigenvalue weighted by Gasteiger charge is -2.28. The summed E-state index contributed by atoms with van der Waals surface area (Å²) in [5.41, 5.74) is 2.81. The van der Waals surface area contributed by atoms with E-state index in [2.05, 4.69) is 19.9 Å². The number of aromatic amines is 1. The van der Waals surface area contributed by atoms with Crippen molar-refractivity contribution in [1.82, 2.24) is 19.9 Å². The second-order valence-electron chi connectivity index (χ2n) is 9.18. The highest BCUT2D eigenvalue weighted by atomic mass is 19.4. The Balaban J connectivity index is 1.45. The van der Waals surface area contributed by atoms with E-state index in [-0.39, 0.29) is 11.0 Å². The van der Waals surface area contributed by atoms with Crippen LogP contribution in [0.2, 0.25) is 0 Å². The maximum Gasteiger partial charge on any atom is 0.416 e. The summed E-state index contributed by atoms with van der Waals surface area (Å²) in [4.78, 5) is 26.8. The smallest absolute Gasteiger partial charge is 0.310 e. The van der Waals surface area contributed by atoms with Crippen LogP contribution in [-0.4, -0.2) is 26.4 Å². The summed E-state index contributed by atoms with van der Waals surface area (Å²) in [7, 11) is 0. The summed E-state index contributed by atoms with van der Waals surface area (Å²) in [6.07, 6.45) is -1.92. The zero-order chi connectivity index (χ0) is 23.1. The van der Waals surface area contributed by atoms with Crippen molar-refractivity contribution >= 4 is 0 Å². The van der Waals surface area contributed by atoms with Crippen LogP contribution in [0, 0.1) is 0 Å². The second-order valence-corrected chi connectivity index (χ2v) is 9.18. The van der Waals surface area contributed by atoms with Crippen molar-refractivity contribution in [2.75, 3.05) is 6.54 Å². The number of halogens is 3. The first-order chi connectivity index (χ1) is 15.0. The molecular weight excluding hydrogens is 417 g/mol. The van der Waals surface area contributed by atoms with Gasteiger partial charge in [-0.05, 0) is 23.8 Å². The molecule has 3 aromatic rings. The van der Waals surface area contributed by atoms with E-state index in [1.54, 1.807) is 12.3 Å². The summed E-state index contributed by atoms with van der Waals surface area (Å²) < 4.78 is 38.2. The molecule has 1 aliphatic rings. The molecule has 32 heavy (non-hydrogen) atoms. The van der Waals surface area contributed by atoms with Crippen LogP contribution in [0.15, 0.2) is 47.4 Å². The van der Waals surface area contributed by atoms with Crippen molar-refractivity contribution < 1.29 is 13.2 Å². The van der Waals surface area contributed by atoms with Crippen molar-refractivity contribution in [2.24, 2.45) is 0 Å². The third-order valence-electron chi connectivity index (χ3n) is 5.60. The monoisotopic (exact) mass is 442 g/mol. The van der Waals surface area contributed by atoms with E-state index in [0.717, 1.165) is 29.9 Å². The molecule has 168 valence electrons. The fourth-order valence-corrected chi connectivity index (χ4v) is 3.75. The number of alkyl halides is 3. The number of fused-ring (bicyclic) bond motifs is 1. The Hall–Kier alpha value is -3.00. The number of hydrogen-bond acceptors (Lipinski definition) is 4. The number of aromatic nitrogens is 3. The van der Waals surface area contributed by atoms with E-state index in [9.17, 15) is 18.0 Å². The first-order valence-electron chi connectivity index (χ1n) is 10.5. The van der Waals surface area contributed by atoms with Gasteiger partial charge in [0.25, 0.3) is 5.56 Å². The van der Waals surface area contributed by atoms with Gasteiger partial charge in [0.05, 0.1) is 22.5 Å². The van der Waals surface area contributed by atoms with Gasteiger partial charge in [0.2, 0.25) is 0 Å². The average Bonchev–Trinajstić information content (AvgIpc) is 2.73. The Labute approximate surface area is 184 Å². The van der Waals surface area contributed by atoms with Crippen LogP contribution in [-0.2, 0) is 31.1 Å². The van der Waals surface area contributed by atoms with Gasteiger partial charge >= 0.3 is 6.18 Å². The van der Waals surface area contributed by atoms with E-state index in [0.29, 0.717) is 42.2 Å². The molecule has 0 fully saturated rings. The highest BCUT2D eigenvalue weighted by molar-refractivity contribution is 5.59. The fourth-order valence-electron chi connectivity index (χ4n) is 3.75. The second kappa shape index (κ2) is 8.16. The summed E-state index contributed by atoms with van der Waals surface area (Å²) in [6, 6.07) is 8.70. The lowest BCUT2D eigenvalue weighted by molar-refractivity contribution is -0.137. The molecule has 8 heteroatoms. The SMILES string of the molecule is CC(C)(C)c1nc2c(c(=O)[nH]1)CN(Cc1ccc(-c3ccc(C(F)(F)F)cc3)nc1)CC2. The van der Waals surface area contributed by atoms with E-state index in [1.807, 2.05) is 26.8 Å². The molecule has 0 radical (unpaired) electrons. The van der Waals surface area contributed by atoms with Gasteiger partial charge in [-0.2, -0.15) is 13.2 Å². The lowest BCUT2D eigenvalue weighted by Crippen LogP contribution is -2.37. The predicted octanol–water partition coefficient (Wildman–Crippen LogP) is 4.71. The fraction of sp³-hybridized carbons (Fsp3) is 0.375. The minimum absolute atomic E-state index is 0.0830. The van der Waals surface area contributed by atoms with Crippen LogP contribution < -0.4 is 5.56 Å². The number of benzene rings is 1. The third-order valence-corrected chi connectivity index (χ3v) is 5.60. The van der Waals surface area contributed by atoms with Crippen LogP contribution in [0.1, 0.15) is 49.0 Å². The van der Waals surface area contributed by atoms with Crippen molar-refractivity contribution in [3.8, 4) is 11.3 Å². The Morgan fingerprint density at radius 2 is 1.78 bits per heavy atom. The molecule has 2 aromatic heterocycles. The molecule has 0 amide bonds. The van der Waals surface area contributed by atoms with E-state index < -0.39 is 11.7 Å². The van der Waals surface area contributed by atoms with Gasteiger partial charge in [0, 0.05) is 43.2 Å². The Bertz CT molecular complexity index is 1160. The van der Waals surface area contributed by atoms with Gasteiger partial charge in [0.1, 0.15) is 5.82 Å². The number of H-pyrrole nitrogens is 1. The number of rotatable bonds is 3. The molecule has 0 aliphatic carbocycles. The van der Waals surface area contributed by atoms with Crippen LogP contribution in [0.3, 0.4) is 0 Å². The summed E-state index contributed by atoms with van der Waals surface area (Å²) in [5, 5.41) is 0. The van der Waals surface area contributed by atoms with Crippen molar-refractivity contribution in [3.63, 3.8) is 0 Å². The standard InChI is InChI=1S/C24H25F3N4O/c1-23(2,3)22-29-20-10-11-31(14-18(20)21(32)30-22)13-15-4-9-19(28-12-15)16-5-7-17(8-6-16)24(25,26)27/h4-9,12H,10-11,13-14H2,1-3H3,(H,29,30,32). The maximum absolute atomic E-state index is 12.7. The number of hydrogen-bond donors (Lipinski definition) is 1. The van der Waals surface area contributed by atoms with Crippen LogP contribution >= 0.6 is 0 Å². The summed E-state index contributed by atoms with van der Waals surface area (Å²) >= 11 is 0. The lowest BCUT2D eigenvalue weighted by atomic mass is 9.95. The zero-order valence-electron chi connectivity index (χ0n) is 18.3. The molecule has 1 N–H and O–H groups in total. The highest BCUT2D eigenvalue weighted by Gasteiger charge is 2.30. The first-order valence-corrected chi connectivity index (χ1v) is 10.5. The molecule has 1 aliphatic heterocycles. The topological polar surface area (TPSA) is 61.9 Å². The van der Waals surface area contributed by atoms with Crippen LogP contribution in [0.25, 0.3) is 11.3 Å². The van der Waals surface area contributed by atoms with Gasteiger partial charge in [-0.1, -0.05) is 39.0 Å². The van der Waals surface area contributed by atoms with Crippen molar-refractivity contribution in [2.45, 2.75) is 51.9 Å². The average molecular weight is 442 g/mol. The third kappa shape index (κ3) is 4.75. The Morgan fingerprint density at radius 1 is 1.06 bits per heavy atom. The predicted molar refractivity (Wildman–Crippen MR) is 116 cm³/mol. The molecule has 0 saturated heterocycles. The molecule has 4 rings (SSSR count). The highest BCUT2D eigenvalue weighted by Crippen LogP contribution is 2.30. The first kappa shape index (κ1) is 22.2. The van der Waals surface area contributed by atoms with E-state index in [4.69, 9.17) is 0 Å². The number of nitrogens with one attached hydrogen (secondary N) is 1.